The maximum atomic E-state index is 12.6. The summed E-state index contributed by atoms with van der Waals surface area (Å²) in [5.74, 6) is 1.61. The molecule has 0 saturated carbocycles. The lowest BCUT2D eigenvalue weighted by atomic mass is 10.1. The molecule has 2 amide bonds. The van der Waals surface area contributed by atoms with Crippen LogP contribution in [0.1, 0.15) is 29.4 Å². The van der Waals surface area contributed by atoms with Crippen molar-refractivity contribution >= 4 is 51.3 Å². The van der Waals surface area contributed by atoms with E-state index in [1.807, 2.05) is 43.5 Å². The van der Waals surface area contributed by atoms with Crippen molar-refractivity contribution in [2.75, 3.05) is 25.3 Å². The third kappa shape index (κ3) is 7.59. The Kier molecular flexibility index (Phi) is 10.2. The van der Waals surface area contributed by atoms with Gasteiger partial charge in [-0.05, 0) is 67.8 Å². The number of rotatable bonds is 11. The summed E-state index contributed by atoms with van der Waals surface area (Å²) in [7, 11) is 3.13. The van der Waals surface area contributed by atoms with Crippen molar-refractivity contribution in [3.8, 4) is 11.5 Å². The SMILES string of the molecule is CCn1c(CNC(=O)/C=C/c2ccc(OC)c(OC)c2)nnc1SCC(=O)Nc1c(C)cc(Br)cc1C. The first-order valence-corrected chi connectivity index (χ1v) is 13.3. The quantitative estimate of drug-likeness (QED) is 0.246. The number of benzene rings is 2. The summed E-state index contributed by atoms with van der Waals surface area (Å²) < 4.78 is 13.4. The molecule has 0 saturated heterocycles. The summed E-state index contributed by atoms with van der Waals surface area (Å²) in [5.41, 5.74) is 3.59. The Morgan fingerprint density at radius 1 is 1.08 bits per heavy atom. The molecule has 0 aliphatic carbocycles. The van der Waals surface area contributed by atoms with E-state index in [0.29, 0.717) is 29.0 Å². The van der Waals surface area contributed by atoms with E-state index in [9.17, 15) is 9.59 Å². The van der Waals surface area contributed by atoms with Crippen LogP contribution in [-0.4, -0.2) is 46.6 Å². The van der Waals surface area contributed by atoms with Gasteiger partial charge in [-0.15, -0.1) is 10.2 Å². The minimum atomic E-state index is -0.269. The molecule has 1 aromatic heterocycles. The average molecular weight is 589 g/mol. The second kappa shape index (κ2) is 13.3. The van der Waals surface area contributed by atoms with Crippen LogP contribution in [0.3, 0.4) is 0 Å². The lowest BCUT2D eigenvalue weighted by molar-refractivity contribution is -0.116. The number of hydrogen-bond donors (Lipinski definition) is 2. The minimum absolute atomic E-state index is 0.126. The van der Waals surface area contributed by atoms with Gasteiger partial charge in [0.05, 0.1) is 26.5 Å². The Labute approximate surface area is 229 Å². The number of halogens is 1. The maximum absolute atomic E-state index is 12.6. The Morgan fingerprint density at radius 2 is 1.78 bits per heavy atom. The van der Waals surface area contributed by atoms with Crippen LogP contribution < -0.4 is 20.1 Å². The number of thioether (sulfide) groups is 1. The number of nitrogens with zero attached hydrogens (tertiary/aromatic N) is 3. The topological polar surface area (TPSA) is 107 Å². The van der Waals surface area contributed by atoms with E-state index in [2.05, 4.69) is 36.8 Å². The van der Waals surface area contributed by atoms with Crippen LogP contribution in [0.25, 0.3) is 6.08 Å². The number of aromatic nitrogens is 3. The van der Waals surface area contributed by atoms with E-state index in [1.165, 1.54) is 17.8 Å². The lowest BCUT2D eigenvalue weighted by Crippen LogP contribution is -2.22. The van der Waals surface area contributed by atoms with Crippen LogP contribution in [0.15, 0.2) is 46.0 Å². The van der Waals surface area contributed by atoms with E-state index in [4.69, 9.17) is 9.47 Å². The number of ether oxygens (including phenoxy) is 2. The van der Waals surface area contributed by atoms with Crippen molar-refractivity contribution in [3.63, 3.8) is 0 Å². The molecular weight excluding hydrogens is 558 g/mol. The maximum Gasteiger partial charge on any atom is 0.244 e. The van der Waals surface area contributed by atoms with E-state index >= 15 is 0 Å². The summed E-state index contributed by atoms with van der Waals surface area (Å²) in [4.78, 5) is 24.9. The molecule has 2 N–H and O–H groups in total. The van der Waals surface area contributed by atoms with Gasteiger partial charge in [-0.3, -0.25) is 9.59 Å². The minimum Gasteiger partial charge on any atom is -0.493 e. The Morgan fingerprint density at radius 3 is 2.43 bits per heavy atom. The number of hydrogen-bond acceptors (Lipinski definition) is 7. The standard InChI is InChI=1S/C26H30BrN5O4S/c1-6-32-22(14-28-23(33)10-8-18-7-9-20(35-4)21(13-18)36-5)30-31-26(32)37-15-24(34)29-25-16(2)11-19(27)12-17(25)3/h7-13H,6,14-15H2,1-5H3,(H,28,33)(H,29,34)/b10-8+. The van der Waals surface area contributed by atoms with E-state index in [0.717, 1.165) is 26.9 Å². The summed E-state index contributed by atoms with van der Waals surface area (Å²) >= 11 is 4.77. The normalized spacial score (nSPS) is 11.0. The number of anilines is 1. The predicted molar refractivity (Wildman–Crippen MR) is 149 cm³/mol. The molecule has 2 aromatic carbocycles. The van der Waals surface area contributed by atoms with Gasteiger partial charge in [0.2, 0.25) is 11.8 Å². The van der Waals surface area contributed by atoms with Crippen molar-refractivity contribution in [2.24, 2.45) is 0 Å². The van der Waals surface area contributed by atoms with Gasteiger partial charge in [0.15, 0.2) is 22.5 Å². The molecule has 3 rings (SSSR count). The second-order valence-electron chi connectivity index (χ2n) is 8.06. The fourth-order valence-electron chi connectivity index (χ4n) is 3.64. The number of amides is 2. The Balaban J connectivity index is 1.56. The third-order valence-electron chi connectivity index (χ3n) is 5.46. The van der Waals surface area contributed by atoms with Gasteiger partial charge in [0.1, 0.15) is 0 Å². The van der Waals surface area contributed by atoms with Gasteiger partial charge in [0, 0.05) is 22.8 Å². The zero-order valence-corrected chi connectivity index (χ0v) is 23.8. The fraction of sp³-hybridized carbons (Fsp3) is 0.308. The number of methoxy groups -OCH3 is 2. The smallest absolute Gasteiger partial charge is 0.244 e. The highest BCUT2D eigenvalue weighted by Gasteiger charge is 2.15. The summed E-state index contributed by atoms with van der Waals surface area (Å²) in [6.45, 7) is 6.69. The summed E-state index contributed by atoms with van der Waals surface area (Å²) in [6.07, 6.45) is 3.14. The van der Waals surface area contributed by atoms with Crippen LogP contribution in [0.5, 0.6) is 11.5 Å². The van der Waals surface area contributed by atoms with Crippen molar-refractivity contribution in [2.45, 2.75) is 39.0 Å². The summed E-state index contributed by atoms with van der Waals surface area (Å²) in [5, 5.41) is 14.8. The molecule has 0 bridgehead atoms. The van der Waals surface area contributed by atoms with Crippen molar-refractivity contribution in [3.05, 3.63) is 63.4 Å². The van der Waals surface area contributed by atoms with Crippen molar-refractivity contribution in [1.29, 1.82) is 0 Å². The highest BCUT2D eigenvalue weighted by molar-refractivity contribution is 9.10. The van der Waals surface area contributed by atoms with Gasteiger partial charge >= 0.3 is 0 Å². The molecule has 9 nitrogen and oxygen atoms in total. The van der Waals surface area contributed by atoms with Gasteiger partial charge in [-0.1, -0.05) is 33.8 Å². The summed E-state index contributed by atoms with van der Waals surface area (Å²) in [6, 6.07) is 9.33. The molecule has 196 valence electrons. The zero-order chi connectivity index (χ0) is 26.9. The first-order valence-electron chi connectivity index (χ1n) is 11.5. The molecule has 37 heavy (non-hydrogen) atoms. The number of aryl methyl sites for hydroxylation is 2. The van der Waals surface area contributed by atoms with Gasteiger partial charge < -0.3 is 24.7 Å². The first kappa shape index (κ1) is 28.3. The van der Waals surface area contributed by atoms with Crippen molar-refractivity contribution < 1.29 is 19.1 Å². The molecule has 0 aliphatic rings. The van der Waals surface area contributed by atoms with E-state index in [-0.39, 0.29) is 24.1 Å². The van der Waals surface area contributed by atoms with Crippen molar-refractivity contribution in [1.82, 2.24) is 20.1 Å². The van der Waals surface area contributed by atoms with Crippen LogP contribution >= 0.6 is 27.7 Å². The molecule has 0 fully saturated rings. The molecule has 0 atom stereocenters. The molecule has 0 radical (unpaired) electrons. The lowest BCUT2D eigenvalue weighted by Gasteiger charge is -2.12. The van der Waals surface area contributed by atoms with Crippen LogP contribution in [0.4, 0.5) is 5.69 Å². The van der Waals surface area contributed by atoms with Crippen LogP contribution in [0.2, 0.25) is 0 Å². The number of nitrogens with one attached hydrogen (secondary N) is 2. The Hall–Kier alpha value is -3.31. The van der Waals surface area contributed by atoms with E-state index < -0.39 is 0 Å². The molecule has 3 aromatic rings. The second-order valence-corrected chi connectivity index (χ2v) is 9.92. The molecular formula is C26H30BrN5O4S. The largest absolute Gasteiger partial charge is 0.493 e. The first-order chi connectivity index (χ1) is 17.7. The molecule has 0 aliphatic heterocycles. The third-order valence-corrected chi connectivity index (χ3v) is 6.88. The van der Waals surface area contributed by atoms with Gasteiger partial charge in [-0.25, -0.2) is 0 Å². The fourth-order valence-corrected chi connectivity index (χ4v) is 5.15. The zero-order valence-electron chi connectivity index (χ0n) is 21.4. The van der Waals surface area contributed by atoms with Crippen LogP contribution in [0, 0.1) is 13.8 Å². The number of carbonyl (C=O) groups excluding carboxylic acids is 2. The van der Waals surface area contributed by atoms with E-state index in [1.54, 1.807) is 32.4 Å². The molecule has 0 unspecified atom stereocenters. The highest BCUT2D eigenvalue weighted by atomic mass is 79.9. The van der Waals surface area contributed by atoms with Gasteiger partial charge in [-0.2, -0.15) is 0 Å². The molecule has 0 spiro atoms. The average Bonchev–Trinajstić information content (AvgIpc) is 3.28. The molecule has 1 heterocycles. The highest BCUT2D eigenvalue weighted by Crippen LogP contribution is 2.28. The number of carbonyl (C=O) groups is 2. The molecule has 11 heteroatoms. The van der Waals surface area contributed by atoms with Crippen LogP contribution in [-0.2, 0) is 22.7 Å². The monoisotopic (exact) mass is 587 g/mol. The predicted octanol–water partition coefficient (Wildman–Crippen LogP) is 4.75. The van der Waals surface area contributed by atoms with Gasteiger partial charge in [0.25, 0.3) is 0 Å². The Bertz CT molecular complexity index is 1290.